The van der Waals surface area contributed by atoms with Gasteiger partial charge in [0.25, 0.3) is 0 Å². The summed E-state index contributed by atoms with van der Waals surface area (Å²) in [7, 11) is -10.6. The Bertz CT molecular complexity index is 415. The van der Waals surface area contributed by atoms with E-state index in [-0.39, 0.29) is 0 Å². The molecule has 0 amide bonds. The van der Waals surface area contributed by atoms with Gasteiger partial charge < -0.3 is 0 Å². The van der Waals surface area contributed by atoms with E-state index in [2.05, 4.69) is 33.8 Å². The molecule has 0 aliphatic carbocycles. The van der Waals surface area contributed by atoms with E-state index in [9.17, 15) is 16.8 Å². The minimum Gasteiger partial charge on any atom is -0.272 e. The molecule has 0 fully saturated rings. The Morgan fingerprint density at radius 2 is 1.50 bits per heavy atom. The zero-order chi connectivity index (χ0) is 15.0. The average Bonchev–Trinajstić information content (AvgIpc) is 2.11. The first-order chi connectivity index (χ1) is 7.91. The van der Waals surface area contributed by atoms with Gasteiger partial charge >= 0.3 is 18.3 Å². The van der Waals surface area contributed by atoms with Crippen molar-refractivity contribution in [3.63, 3.8) is 0 Å². The summed E-state index contributed by atoms with van der Waals surface area (Å²) in [6.07, 6.45) is 6.15. The molecule has 0 aromatic heterocycles. The van der Waals surface area contributed by atoms with Gasteiger partial charge in [0.05, 0.1) is 0 Å². The van der Waals surface area contributed by atoms with E-state index in [1.54, 1.807) is 5.57 Å². The molecule has 0 saturated carbocycles. The van der Waals surface area contributed by atoms with Crippen molar-refractivity contribution < 1.29 is 25.9 Å². The van der Waals surface area contributed by atoms with Crippen molar-refractivity contribution in [2.24, 2.45) is 5.92 Å². The number of hydrogen-bond acceptors (Lipinski definition) is 4. The van der Waals surface area contributed by atoms with Gasteiger partial charge in [-0.2, -0.15) is 16.8 Å². The van der Waals surface area contributed by atoms with Gasteiger partial charge in [0.2, 0.25) is 0 Å². The van der Waals surface area contributed by atoms with Crippen LogP contribution in [0, 0.1) is 5.92 Å². The maximum atomic E-state index is 9.37. The van der Waals surface area contributed by atoms with E-state index in [4.69, 9.17) is 9.11 Å². The van der Waals surface area contributed by atoms with Crippen LogP contribution in [-0.2, 0) is 18.3 Å². The molecule has 0 radical (unpaired) electrons. The van der Waals surface area contributed by atoms with Gasteiger partial charge in [0.15, 0.2) is 0 Å². The molecule has 0 aliphatic heterocycles. The molecular formula is C10H22O6S2. The van der Waals surface area contributed by atoms with Gasteiger partial charge in [-0.05, 0) is 25.7 Å². The van der Waals surface area contributed by atoms with Crippen LogP contribution in [0.15, 0.2) is 11.6 Å². The third kappa shape index (κ3) is 12.0. The standard InChI is InChI=1S/C10H20.H2O6S2/c1-5-6-7-10(4)8-9(2)3;1-7(2,3)8(4,5)6/h7,9H,5-6,8H2,1-4H3;(H,1,2,3)(H,4,5,6). The average molecular weight is 302 g/mol. The predicted octanol–water partition coefficient (Wildman–Crippen LogP) is 2.46. The quantitative estimate of drug-likeness (QED) is 0.458. The van der Waals surface area contributed by atoms with Gasteiger partial charge in [0.1, 0.15) is 0 Å². The monoisotopic (exact) mass is 302 g/mol. The Morgan fingerprint density at radius 3 is 1.72 bits per heavy atom. The van der Waals surface area contributed by atoms with Crippen LogP contribution in [-0.4, -0.2) is 25.9 Å². The number of allylic oxidation sites excluding steroid dienone is 2. The summed E-state index contributed by atoms with van der Waals surface area (Å²) in [4.78, 5) is 0. The highest BCUT2D eigenvalue weighted by atomic mass is 33.2. The molecule has 2 N–H and O–H groups in total. The van der Waals surface area contributed by atoms with Crippen LogP contribution in [0.1, 0.15) is 47.0 Å². The smallest absolute Gasteiger partial charge is 0.272 e. The second-order valence-electron chi connectivity index (χ2n) is 4.29. The van der Waals surface area contributed by atoms with Crippen LogP contribution in [0.5, 0.6) is 0 Å². The second kappa shape index (κ2) is 8.63. The second-order valence-corrected chi connectivity index (χ2v) is 8.53. The van der Waals surface area contributed by atoms with Crippen LogP contribution in [0.25, 0.3) is 0 Å². The number of rotatable bonds is 5. The van der Waals surface area contributed by atoms with Crippen molar-refractivity contribution >= 4 is 18.3 Å². The normalized spacial score (nSPS) is 13.2. The fourth-order valence-corrected chi connectivity index (χ4v) is 1.12. The van der Waals surface area contributed by atoms with Gasteiger partial charge in [-0.3, -0.25) is 9.11 Å². The van der Waals surface area contributed by atoms with Crippen molar-refractivity contribution in [3.05, 3.63) is 11.6 Å². The zero-order valence-electron chi connectivity index (χ0n) is 11.1. The highest BCUT2D eigenvalue weighted by Crippen LogP contribution is 2.10. The molecule has 0 unspecified atom stereocenters. The maximum Gasteiger partial charge on any atom is 0.397 e. The third-order valence-electron chi connectivity index (χ3n) is 1.78. The van der Waals surface area contributed by atoms with Crippen molar-refractivity contribution in [1.29, 1.82) is 0 Å². The molecule has 0 saturated heterocycles. The molecule has 0 aliphatic rings. The molecular weight excluding hydrogens is 280 g/mol. The molecule has 0 aromatic rings. The summed E-state index contributed by atoms with van der Waals surface area (Å²) >= 11 is 0. The molecule has 18 heavy (non-hydrogen) atoms. The van der Waals surface area contributed by atoms with Crippen LogP contribution >= 0.6 is 0 Å². The molecule has 0 spiro atoms. The summed E-state index contributed by atoms with van der Waals surface area (Å²) in [5, 5.41) is 0. The van der Waals surface area contributed by atoms with Crippen molar-refractivity contribution in [1.82, 2.24) is 0 Å². The third-order valence-corrected chi connectivity index (χ3v) is 3.91. The van der Waals surface area contributed by atoms with Crippen LogP contribution in [0.4, 0.5) is 0 Å². The van der Waals surface area contributed by atoms with Gasteiger partial charge in [-0.1, -0.05) is 38.8 Å². The molecule has 0 atom stereocenters. The largest absolute Gasteiger partial charge is 0.397 e. The summed E-state index contributed by atoms with van der Waals surface area (Å²) in [5.41, 5.74) is 1.55. The van der Waals surface area contributed by atoms with E-state index in [0.29, 0.717) is 0 Å². The van der Waals surface area contributed by atoms with Crippen molar-refractivity contribution in [2.75, 3.05) is 0 Å². The number of unbranched alkanes of at least 4 members (excludes halogenated alkanes) is 1. The Balaban J connectivity index is 0. The highest BCUT2D eigenvalue weighted by molar-refractivity contribution is 8.62. The van der Waals surface area contributed by atoms with Crippen LogP contribution < -0.4 is 0 Å². The van der Waals surface area contributed by atoms with E-state index in [0.717, 1.165) is 5.92 Å². The highest BCUT2D eigenvalue weighted by Gasteiger charge is 2.22. The fraction of sp³-hybridized carbons (Fsp3) is 0.800. The Kier molecular flexibility index (Phi) is 9.53. The minimum atomic E-state index is -5.31. The first kappa shape index (κ1) is 19.9. The summed E-state index contributed by atoms with van der Waals surface area (Å²) in [6, 6.07) is 0. The van der Waals surface area contributed by atoms with Crippen molar-refractivity contribution in [2.45, 2.75) is 47.0 Å². The zero-order valence-corrected chi connectivity index (χ0v) is 12.8. The Hall–Kier alpha value is -0.440. The lowest BCUT2D eigenvalue weighted by Gasteiger charge is -2.03. The SMILES string of the molecule is CCCC=C(C)CC(C)C.O=S(=O)(O)S(=O)(=O)O. The first-order valence-electron chi connectivity index (χ1n) is 5.52. The van der Waals surface area contributed by atoms with Gasteiger partial charge in [-0.25, -0.2) is 0 Å². The van der Waals surface area contributed by atoms with E-state index in [1.165, 1.54) is 19.3 Å². The molecule has 110 valence electrons. The predicted molar refractivity (Wildman–Crippen MR) is 71.2 cm³/mol. The molecule has 0 rings (SSSR count). The van der Waals surface area contributed by atoms with Gasteiger partial charge in [-0.15, -0.1) is 0 Å². The molecule has 6 nitrogen and oxygen atoms in total. The summed E-state index contributed by atoms with van der Waals surface area (Å²) in [5.74, 6) is 0.813. The lowest BCUT2D eigenvalue weighted by molar-refractivity contribution is 0.460. The lowest BCUT2D eigenvalue weighted by atomic mass is 10.0. The Labute approximate surface area is 109 Å². The molecule has 8 heteroatoms. The van der Waals surface area contributed by atoms with Crippen LogP contribution in [0.3, 0.4) is 0 Å². The topological polar surface area (TPSA) is 109 Å². The molecule has 0 aromatic carbocycles. The fourth-order valence-electron chi connectivity index (χ4n) is 1.12. The maximum absolute atomic E-state index is 9.37. The van der Waals surface area contributed by atoms with E-state index >= 15 is 0 Å². The summed E-state index contributed by atoms with van der Waals surface area (Å²) < 4.78 is 52.5. The van der Waals surface area contributed by atoms with Crippen LogP contribution in [0.2, 0.25) is 0 Å². The first-order valence-corrected chi connectivity index (χ1v) is 8.92. The summed E-state index contributed by atoms with van der Waals surface area (Å²) in [6.45, 7) is 8.99. The lowest BCUT2D eigenvalue weighted by Crippen LogP contribution is -2.11. The van der Waals surface area contributed by atoms with E-state index in [1.807, 2.05) is 0 Å². The molecule has 0 bridgehead atoms. The van der Waals surface area contributed by atoms with Crippen molar-refractivity contribution in [3.8, 4) is 0 Å². The van der Waals surface area contributed by atoms with Gasteiger partial charge in [0, 0.05) is 0 Å². The molecule has 0 heterocycles. The van der Waals surface area contributed by atoms with E-state index < -0.39 is 18.3 Å². The minimum absolute atomic E-state index is 0.813. The number of hydrogen-bond donors (Lipinski definition) is 2. The Morgan fingerprint density at radius 1 is 1.11 bits per heavy atom.